The highest BCUT2D eigenvalue weighted by molar-refractivity contribution is 7.99. The lowest BCUT2D eigenvalue weighted by Gasteiger charge is -1.89. The highest BCUT2D eigenvalue weighted by atomic mass is 32.2. The van der Waals surface area contributed by atoms with Gasteiger partial charge >= 0.3 is 5.97 Å². The van der Waals surface area contributed by atoms with Gasteiger partial charge in [-0.05, 0) is 0 Å². The number of rotatable bonds is 2. The van der Waals surface area contributed by atoms with Crippen LogP contribution in [-0.2, 0) is 17.8 Å². The average molecular weight is 184 g/mol. The van der Waals surface area contributed by atoms with E-state index < -0.39 is 5.97 Å². The topological polar surface area (TPSA) is 55.1 Å². The molecule has 0 saturated carbocycles. The van der Waals surface area contributed by atoms with Gasteiger partial charge in [0.15, 0.2) is 5.16 Å². The minimum atomic E-state index is -0.822. The van der Waals surface area contributed by atoms with Crippen LogP contribution >= 0.6 is 11.8 Å². The Kier molecular flexibility index (Phi) is 1.80. The van der Waals surface area contributed by atoms with Gasteiger partial charge in [-0.1, -0.05) is 11.8 Å². The molecule has 0 bridgehead atoms. The zero-order valence-corrected chi connectivity index (χ0v) is 7.17. The van der Waals surface area contributed by atoms with E-state index >= 15 is 0 Å². The fourth-order valence-corrected chi connectivity index (χ4v) is 2.16. The Morgan fingerprint density at radius 1 is 1.83 bits per heavy atom. The molecule has 0 aromatic carbocycles. The standard InChI is InChI=1S/C7H8N2O2S/c10-6(11)3-5-4-9-1-2-12-7(9)8-5/h4H,1-3H2,(H,10,11). The molecule has 64 valence electrons. The van der Waals surface area contributed by atoms with Crippen molar-refractivity contribution < 1.29 is 9.90 Å². The van der Waals surface area contributed by atoms with Crippen molar-refractivity contribution in [2.75, 3.05) is 5.75 Å². The number of hydrogen-bond acceptors (Lipinski definition) is 3. The van der Waals surface area contributed by atoms with Crippen LogP contribution in [0.5, 0.6) is 0 Å². The molecule has 0 radical (unpaired) electrons. The Morgan fingerprint density at radius 3 is 3.33 bits per heavy atom. The molecule has 1 N–H and O–H groups in total. The predicted molar refractivity (Wildman–Crippen MR) is 44.3 cm³/mol. The molecule has 5 heteroatoms. The van der Waals surface area contributed by atoms with Gasteiger partial charge in [0.25, 0.3) is 0 Å². The first kappa shape index (κ1) is 7.67. The zero-order chi connectivity index (χ0) is 8.55. The summed E-state index contributed by atoms with van der Waals surface area (Å²) < 4.78 is 2.00. The van der Waals surface area contributed by atoms with Crippen LogP contribution in [-0.4, -0.2) is 26.4 Å². The van der Waals surface area contributed by atoms with Gasteiger partial charge in [0, 0.05) is 18.5 Å². The molecular weight excluding hydrogens is 176 g/mol. The summed E-state index contributed by atoms with van der Waals surface area (Å²) in [5.74, 6) is 0.229. The van der Waals surface area contributed by atoms with Crippen LogP contribution in [0.15, 0.2) is 11.4 Å². The van der Waals surface area contributed by atoms with Crippen LogP contribution in [0.1, 0.15) is 5.69 Å². The summed E-state index contributed by atoms with van der Waals surface area (Å²) in [5, 5.41) is 9.45. The van der Waals surface area contributed by atoms with Gasteiger partial charge < -0.3 is 9.67 Å². The molecule has 0 amide bonds. The SMILES string of the molecule is O=C(O)Cc1cn2c(n1)SCC2. The van der Waals surface area contributed by atoms with Crippen LogP contribution in [0.4, 0.5) is 0 Å². The van der Waals surface area contributed by atoms with Crippen molar-refractivity contribution in [3.8, 4) is 0 Å². The normalized spacial score (nSPS) is 14.7. The van der Waals surface area contributed by atoms with E-state index in [2.05, 4.69) is 4.98 Å². The second-order valence-corrected chi connectivity index (χ2v) is 3.69. The lowest BCUT2D eigenvalue weighted by Crippen LogP contribution is -2.00. The number of nitrogens with zero attached hydrogens (tertiary/aromatic N) is 2. The highest BCUT2D eigenvalue weighted by Crippen LogP contribution is 2.24. The number of aryl methyl sites for hydroxylation is 1. The van der Waals surface area contributed by atoms with E-state index in [0.717, 1.165) is 17.5 Å². The molecule has 0 unspecified atom stereocenters. The molecule has 0 spiro atoms. The Hall–Kier alpha value is -0.970. The van der Waals surface area contributed by atoms with Crippen LogP contribution in [0.25, 0.3) is 0 Å². The van der Waals surface area contributed by atoms with E-state index in [4.69, 9.17) is 5.11 Å². The lowest BCUT2D eigenvalue weighted by molar-refractivity contribution is -0.136. The lowest BCUT2D eigenvalue weighted by atomic mass is 10.3. The highest BCUT2D eigenvalue weighted by Gasteiger charge is 2.15. The molecule has 1 aromatic heterocycles. The van der Waals surface area contributed by atoms with Crippen molar-refractivity contribution >= 4 is 17.7 Å². The monoisotopic (exact) mass is 184 g/mol. The minimum absolute atomic E-state index is 0.0283. The van der Waals surface area contributed by atoms with Crippen molar-refractivity contribution in [1.82, 2.24) is 9.55 Å². The molecule has 0 atom stereocenters. The maximum Gasteiger partial charge on any atom is 0.309 e. The molecule has 0 fully saturated rings. The van der Waals surface area contributed by atoms with Gasteiger partial charge in [-0.25, -0.2) is 4.98 Å². The van der Waals surface area contributed by atoms with Gasteiger partial charge in [-0.3, -0.25) is 4.79 Å². The summed E-state index contributed by atoms with van der Waals surface area (Å²) in [4.78, 5) is 14.5. The third-order valence-corrected chi connectivity index (χ3v) is 2.66. The maximum absolute atomic E-state index is 10.3. The van der Waals surface area contributed by atoms with E-state index in [1.165, 1.54) is 0 Å². The number of thioether (sulfide) groups is 1. The van der Waals surface area contributed by atoms with Gasteiger partial charge in [0.05, 0.1) is 12.1 Å². The quantitative estimate of drug-likeness (QED) is 0.732. The summed E-state index contributed by atoms with van der Waals surface area (Å²) in [6.07, 6.45) is 1.85. The fourth-order valence-electron chi connectivity index (χ4n) is 1.20. The van der Waals surface area contributed by atoms with Gasteiger partial charge in [-0.2, -0.15) is 0 Å². The zero-order valence-electron chi connectivity index (χ0n) is 6.36. The number of fused-ring (bicyclic) bond motifs is 1. The van der Waals surface area contributed by atoms with E-state index in [0.29, 0.717) is 5.69 Å². The van der Waals surface area contributed by atoms with Crippen LogP contribution in [0, 0.1) is 0 Å². The number of aliphatic carboxylic acids is 1. The van der Waals surface area contributed by atoms with Crippen molar-refractivity contribution in [2.24, 2.45) is 0 Å². The van der Waals surface area contributed by atoms with Gasteiger partial charge in [0.1, 0.15) is 0 Å². The summed E-state index contributed by atoms with van der Waals surface area (Å²) in [7, 11) is 0. The molecule has 2 rings (SSSR count). The molecule has 12 heavy (non-hydrogen) atoms. The number of carboxylic acid groups (broad SMARTS) is 1. The van der Waals surface area contributed by atoms with E-state index in [9.17, 15) is 4.79 Å². The van der Waals surface area contributed by atoms with Crippen LogP contribution in [0.3, 0.4) is 0 Å². The first-order valence-electron chi connectivity index (χ1n) is 3.66. The Morgan fingerprint density at radius 2 is 2.67 bits per heavy atom. The molecule has 1 aliphatic rings. The van der Waals surface area contributed by atoms with Crippen molar-refractivity contribution in [1.29, 1.82) is 0 Å². The molecule has 0 aliphatic carbocycles. The third-order valence-electron chi connectivity index (χ3n) is 1.69. The molecule has 1 aromatic rings. The van der Waals surface area contributed by atoms with Crippen molar-refractivity contribution in [3.05, 3.63) is 11.9 Å². The number of hydrogen-bond donors (Lipinski definition) is 1. The summed E-state index contributed by atoms with van der Waals surface area (Å²) in [6, 6.07) is 0. The Bertz CT molecular complexity index is 300. The first-order chi connectivity index (χ1) is 5.75. The Labute approximate surface area is 73.6 Å². The molecule has 4 nitrogen and oxygen atoms in total. The van der Waals surface area contributed by atoms with Crippen LogP contribution < -0.4 is 0 Å². The number of aromatic nitrogens is 2. The summed E-state index contributed by atoms with van der Waals surface area (Å²) >= 11 is 1.67. The van der Waals surface area contributed by atoms with Gasteiger partial charge in [-0.15, -0.1) is 0 Å². The smallest absolute Gasteiger partial charge is 0.309 e. The number of carbonyl (C=O) groups is 1. The number of imidazole rings is 1. The second-order valence-electron chi connectivity index (χ2n) is 2.63. The summed E-state index contributed by atoms with van der Waals surface area (Å²) in [6.45, 7) is 0.951. The molecular formula is C7H8N2O2S. The summed E-state index contributed by atoms with van der Waals surface area (Å²) in [5.41, 5.74) is 0.657. The van der Waals surface area contributed by atoms with Crippen LogP contribution in [0.2, 0.25) is 0 Å². The second kappa shape index (κ2) is 2.82. The first-order valence-corrected chi connectivity index (χ1v) is 4.65. The van der Waals surface area contributed by atoms with Crippen molar-refractivity contribution in [3.63, 3.8) is 0 Å². The van der Waals surface area contributed by atoms with E-state index in [1.807, 2.05) is 10.8 Å². The average Bonchev–Trinajstić information content (AvgIpc) is 2.43. The van der Waals surface area contributed by atoms with Gasteiger partial charge in [0.2, 0.25) is 0 Å². The molecule has 0 saturated heterocycles. The van der Waals surface area contributed by atoms with Crippen molar-refractivity contribution in [2.45, 2.75) is 18.1 Å². The Balaban J connectivity index is 2.20. The minimum Gasteiger partial charge on any atom is -0.481 e. The molecule has 1 aliphatic heterocycles. The largest absolute Gasteiger partial charge is 0.481 e. The third kappa shape index (κ3) is 1.32. The maximum atomic E-state index is 10.3. The fraction of sp³-hybridized carbons (Fsp3) is 0.429. The molecule has 2 heterocycles. The number of carboxylic acids is 1. The van der Waals surface area contributed by atoms with E-state index in [-0.39, 0.29) is 6.42 Å². The van der Waals surface area contributed by atoms with E-state index in [1.54, 1.807) is 11.8 Å². The predicted octanol–water partition coefficient (Wildman–Crippen LogP) is 0.616.